The first kappa shape index (κ1) is 46.6. The molecular weight excluding hydrogens is 801 g/mol. The Morgan fingerprint density at radius 3 is 2.27 bits per heavy atom. The molecule has 1 amide bonds. The molecule has 4 aliphatic rings. The minimum absolute atomic E-state index is 0.000714. The van der Waals surface area contributed by atoms with Crippen molar-refractivity contribution in [2.24, 2.45) is 39.6 Å². The van der Waals surface area contributed by atoms with E-state index < -0.39 is 95.3 Å². The predicted molar refractivity (Wildman–Crippen MR) is 229 cm³/mol. The van der Waals surface area contributed by atoms with Gasteiger partial charge in [0.2, 0.25) is 0 Å². The largest absolute Gasteiger partial charge is 0.507 e. The number of phenols is 2. The summed E-state index contributed by atoms with van der Waals surface area (Å²) in [5.41, 5.74) is -0.703. The van der Waals surface area contributed by atoms with Crippen molar-refractivity contribution in [1.82, 2.24) is 4.90 Å². The standard InChI is InChI=1S/C46H62N4O12/c1-22(2)20-50-17-15-46(16-18-50)48-34-31-32-39(55)27(7)42-33(31)43(57)45(9,62-42)60-19-14-30(59-10)29(21-51)41(61-28(8)52)26(6)38(54)25(5)37(53)23(3)12-11-13-24(4)44(58)47-36(40(32)56)35(34)49-46/h11-14,19,22-23,25-26,29-30,37-38,41,51,53-56H,15-18,20-21H2,1-10H3,(H,47,58)/b12-11+,19-14+,24-13-/t23-,25+,26+,29+,30-,37-,38+,41-,45-/m0/s1. The fourth-order valence-electron chi connectivity index (χ4n) is 9.23. The summed E-state index contributed by atoms with van der Waals surface area (Å²) in [5.74, 6) is -7.45. The number of anilines is 1. The van der Waals surface area contributed by atoms with Crippen LogP contribution in [0.4, 0.5) is 5.69 Å². The molecule has 1 spiro atoms. The lowest BCUT2D eigenvalue weighted by atomic mass is 9.78. The second kappa shape index (κ2) is 18.1. The molecule has 9 atom stereocenters. The van der Waals surface area contributed by atoms with E-state index in [0.717, 1.165) is 6.54 Å². The van der Waals surface area contributed by atoms with Crippen molar-refractivity contribution < 1.29 is 58.9 Å². The summed E-state index contributed by atoms with van der Waals surface area (Å²) in [6.45, 7) is 16.8. The topological polar surface area (TPSA) is 229 Å². The van der Waals surface area contributed by atoms with Gasteiger partial charge in [-0.05, 0) is 25.8 Å². The smallest absolute Gasteiger partial charge is 0.312 e. The van der Waals surface area contributed by atoms with Gasteiger partial charge in [0, 0.05) is 93.6 Å². The van der Waals surface area contributed by atoms with Crippen LogP contribution in [0.5, 0.6) is 17.2 Å². The Hall–Kier alpha value is -4.87. The molecule has 1 saturated heterocycles. The Balaban J connectivity index is 1.55. The first-order valence-corrected chi connectivity index (χ1v) is 21.4. The fourth-order valence-corrected chi connectivity index (χ4v) is 9.23. The van der Waals surface area contributed by atoms with Gasteiger partial charge in [-0.25, -0.2) is 0 Å². The number of aliphatic hydroxyl groups is 3. The number of carbonyl (C=O) groups is 3. The maximum absolute atomic E-state index is 14.7. The number of fused-ring (bicyclic) bond motifs is 1. The number of nitrogens with zero attached hydrogens (tertiary/aromatic N) is 3. The van der Waals surface area contributed by atoms with Gasteiger partial charge in [-0.3, -0.25) is 24.4 Å². The minimum atomic E-state index is -2.02. The number of piperidine rings is 1. The van der Waals surface area contributed by atoms with Crippen molar-refractivity contribution in [3.8, 4) is 17.2 Å². The summed E-state index contributed by atoms with van der Waals surface area (Å²) in [7, 11) is 1.38. The van der Waals surface area contributed by atoms with Gasteiger partial charge in [-0.15, -0.1) is 0 Å². The summed E-state index contributed by atoms with van der Waals surface area (Å²) < 4.78 is 23.8. The maximum Gasteiger partial charge on any atom is 0.312 e. The lowest BCUT2D eigenvalue weighted by molar-refractivity contribution is -0.163. The number of aliphatic hydroxyl groups excluding tert-OH is 3. The Kier molecular flexibility index (Phi) is 13.6. The number of hydrogen-bond acceptors (Lipinski definition) is 15. The normalized spacial score (nSPS) is 32.3. The lowest BCUT2D eigenvalue weighted by Crippen LogP contribution is -2.48. The van der Waals surface area contributed by atoms with Crippen LogP contribution in [-0.4, -0.2) is 117 Å². The van der Waals surface area contributed by atoms with Gasteiger partial charge in [0.1, 0.15) is 28.6 Å². The number of esters is 1. The number of phenolic OH excluding ortho intramolecular Hbond substituents is 2. The summed E-state index contributed by atoms with van der Waals surface area (Å²) in [4.78, 5) is 53.7. The number of amides is 1. The maximum atomic E-state index is 14.7. The Labute approximate surface area is 361 Å². The summed E-state index contributed by atoms with van der Waals surface area (Å²) in [5, 5.41) is 60.8. The molecule has 0 aromatic heterocycles. The number of likely N-dealkylation sites (tertiary alicyclic amines) is 1. The molecule has 0 aliphatic carbocycles. The number of allylic oxidation sites excluding steroid dienone is 2. The third kappa shape index (κ3) is 8.59. The number of nitrogens with one attached hydrogen (secondary N) is 1. The molecule has 0 saturated carbocycles. The van der Waals surface area contributed by atoms with Crippen molar-refractivity contribution in [3.05, 3.63) is 58.0 Å². The second-order valence-electron chi connectivity index (χ2n) is 17.9. The predicted octanol–water partition coefficient (Wildman–Crippen LogP) is 3.72. The van der Waals surface area contributed by atoms with Crippen molar-refractivity contribution >= 4 is 34.1 Å². The highest BCUT2D eigenvalue weighted by molar-refractivity contribution is 6.19. The van der Waals surface area contributed by atoms with E-state index in [1.54, 1.807) is 45.9 Å². The van der Waals surface area contributed by atoms with E-state index in [0.29, 0.717) is 31.8 Å². The summed E-state index contributed by atoms with van der Waals surface area (Å²) in [6, 6.07) is 0. The number of carbonyl (C=O) groups excluding carboxylic acids is 3. The molecule has 6 N–H and O–H groups in total. The molecule has 0 unspecified atom stereocenters. The fraction of sp³-hybridized carbons (Fsp3) is 0.587. The Morgan fingerprint density at radius 2 is 1.66 bits per heavy atom. The monoisotopic (exact) mass is 862 g/mol. The molecule has 1 fully saturated rings. The van der Waals surface area contributed by atoms with E-state index in [1.807, 2.05) is 0 Å². The van der Waals surface area contributed by atoms with E-state index >= 15 is 0 Å². The highest BCUT2D eigenvalue weighted by atomic mass is 16.7. The van der Waals surface area contributed by atoms with Gasteiger partial charge in [-0.1, -0.05) is 52.8 Å². The van der Waals surface area contributed by atoms with Crippen LogP contribution in [-0.2, 0) is 23.8 Å². The zero-order valence-electron chi connectivity index (χ0n) is 37.3. The number of benzene rings is 2. The first-order valence-electron chi connectivity index (χ1n) is 21.4. The van der Waals surface area contributed by atoms with Crippen LogP contribution in [0, 0.1) is 36.5 Å². The van der Waals surface area contributed by atoms with Crippen LogP contribution in [0.15, 0.2) is 46.1 Å². The van der Waals surface area contributed by atoms with Gasteiger partial charge >= 0.3 is 11.8 Å². The minimum Gasteiger partial charge on any atom is -0.507 e. The number of hydrogen-bond donors (Lipinski definition) is 6. The van der Waals surface area contributed by atoms with E-state index in [2.05, 4.69) is 24.1 Å². The van der Waals surface area contributed by atoms with E-state index in [4.69, 9.17) is 28.9 Å². The molecule has 6 rings (SSSR count). The molecule has 4 bridgehead atoms. The molecule has 62 heavy (non-hydrogen) atoms. The SMILES string of the molecule is CO[C@H]1/C=C/O[C@@]2(C)Oc3c(C)c(O)c4c(O)c(c5c(c4c3C2=O)=NC2(CCN(CC(C)C)CC2)N=5)NC(=O)/C(C)=C\C=C\[C@H](C)[C@H](O)[C@@H](C)[C@@H](O)[C@@H](C)[C@H](OC(C)=O)[C@@H]1CO. The van der Waals surface area contributed by atoms with Gasteiger partial charge < -0.3 is 54.7 Å². The van der Waals surface area contributed by atoms with Crippen LogP contribution in [0.25, 0.3) is 10.8 Å². The molecule has 16 nitrogen and oxygen atoms in total. The van der Waals surface area contributed by atoms with Gasteiger partial charge in [-0.2, -0.15) is 0 Å². The highest BCUT2D eigenvalue weighted by Crippen LogP contribution is 2.50. The molecular formula is C46H62N4O12. The number of ketones is 1. The molecule has 2 aromatic carbocycles. The van der Waals surface area contributed by atoms with Crippen LogP contribution in [0.2, 0.25) is 0 Å². The lowest BCUT2D eigenvalue weighted by Gasteiger charge is -2.38. The van der Waals surface area contributed by atoms with Crippen LogP contribution in [0.1, 0.15) is 84.2 Å². The summed E-state index contributed by atoms with van der Waals surface area (Å²) >= 11 is 0. The number of ether oxygens (including phenoxy) is 4. The van der Waals surface area contributed by atoms with Crippen molar-refractivity contribution in [3.63, 3.8) is 0 Å². The first-order chi connectivity index (χ1) is 29.2. The Bertz CT molecular complexity index is 2320. The van der Waals surface area contributed by atoms with Gasteiger partial charge in [0.05, 0.1) is 47.5 Å². The van der Waals surface area contributed by atoms with Crippen LogP contribution in [0.3, 0.4) is 0 Å². The van der Waals surface area contributed by atoms with Gasteiger partial charge in [0.15, 0.2) is 11.4 Å². The van der Waals surface area contributed by atoms with Crippen LogP contribution < -0.4 is 20.8 Å². The summed E-state index contributed by atoms with van der Waals surface area (Å²) in [6.07, 6.45) is 4.05. The van der Waals surface area contributed by atoms with E-state index in [-0.39, 0.29) is 49.6 Å². The molecule has 16 heteroatoms. The average molecular weight is 863 g/mol. The molecule has 4 aliphatic heterocycles. The number of rotatable bonds is 5. The van der Waals surface area contributed by atoms with Crippen LogP contribution >= 0.6 is 0 Å². The van der Waals surface area contributed by atoms with Crippen molar-refractivity contribution in [2.75, 3.05) is 38.7 Å². The van der Waals surface area contributed by atoms with Crippen molar-refractivity contribution in [1.29, 1.82) is 0 Å². The highest BCUT2D eigenvalue weighted by Gasteiger charge is 2.50. The molecule has 0 radical (unpaired) electrons. The number of aromatic hydroxyl groups is 2. The van der Waals surface area contributed by atoms with E-state index in [9.17, 15) is 39.9 Å². The number of methoxy groups -OCH3 is 1. The third-order valence-corrected chi connectivity index (χ3v) is 12.9. The second-order valence-corrected chi connectivity index (χ2v) is 17.9. The molecule has 338 valence electrons. The van der Waals surface area contributed by atoms with Gasteiger partial charge in [0.25, 0.3) is 11.7 Å². The molecule has 4 heterocycles. The number of Topliss-reactive ketones (excluding diaryl/α,β-unsaturated/α-hetero) is 1. The zero-order chi connectivity index (χ0) is 45.6. The molecule has 2 aromatic rings. The third-order valence-electron chi connectivity index (χ3n) is 12.9. The van der Waals surface area contributed by atoms with E-state index in [1.165, 1.54) is 40.2 Å². The van der Waals surface area contributed by atoms with Crippen molar-refractivity contribution in [2.45, 2.75) is 111 Å². The Morgan fingerprint density at radius 1 is 1.00 bits per heavy atom. The quantitative estimate of drug-likeness (QED) is 0.186. The zero-order valence-corrected chi connectivity index (χ0v) is 37.3. The average Bonchev–Trinajstić information content (AvgIpc) is 3.72.